The second kappa shape index (κ2) is 6.74. The lowest BCUT2D eigenvalue weighted by molar-refractivity contribution is 0.412. The number of hydrogen-bond acceptors (Lipinski definition) is 5. The molecular formula is C13H15ClN2O3S2. The van der Waals surface area contributed by atoms with Gasteiger partial charge in [0.1, 0.15) is 5.75 Å². The summed E-state index contributed by atoms with van der Waals surface area (Å²) in [5.41, 5.74) is 0.886. The molecule has 0 N–H and O–H groups in total. The Morgan fingerprint density at radius 2 is 2.00 bits per heavy atom. The molecule has 0 saturated heterocycles. The van der Waals surface area contributed by atoms with Gasteiger partial charge in [-0.3, -0.25) is 0 Å². The van der Waals surface area contributed by atoms with Crippen LogP contribution in [0.4, 0.5) is 0 Å². The van der Waals surface area contributed by atoms with Crippen molar-refractivity contribution in [3.05, 3.63) is 40.5 Å². The van der Waals surface area contributed by atoms with Gasteiger partial charge in [0.05, 0.1) is 13.3 Å². The Morgan fingerprint density at radius 3 is 2.48 bits per heavy atom. The highest BCUT2D eigenvalue weighted by atomic mass is 35.5. The second-order valence-corrected chi connectivity index (χ2v) is 7.99. The van der Waals surface area contributed by atoms with E-state index in [9.17, 15) is 8.42 Å². The zero-order chi connectivity index (χ0) is 15.5. The van der Waals surface area contributed by atoms with Crippen LogP contribution in [-0.2, 0) is 16.6 Å². The molecule has 1 aromatic carbocycles. The third kappa shape index (κ3) is 3.74. The molecule has 0 unspecified atom stereocenters. The van der Waals surface area contributed by atoms with E-state index in [4.69, 9.17) is 16.3 Å². The topological polar surface area (TPSA) is 59.5 Å². The summed E-state index contributed by atoms with van der Waals surface area (Å²) in [6, 6.07) is 7.30. The van der Waals surface area contributed by atoms with Gasteiger partial charge < -0.3 is 4.74 Å². The van der Waals surface area contributed by atoms with Crippen molar-refractivity contribution in [2.75, 3.05) is 13.7 Å². The summed E-state index contributed by atoms with van der Waals surface area (Å²) in [6.07, 6.45) is 1.29. The summed E-state index contributed by atoms with van der Waals surface area (Å²) < 4.78 is 31.9. The molecule has 2 aromatic rings. The van der Waals surface area contributed by atoms with Crippen LogP contribution in [-0.4, -0.2) is 31.4 Å². The Labute approximate surface area is 133 Å². The molecule has 0 amide bonds. The number of rotatable bonds is 6. The van der Waals surface area contributed by atoms with Crippen molar-refractivity contribution in [3.63, 3.8) is 0 Å². The number of thiazole rings is 1. The van der Waals surface area contributed by atoms with Gasteiger partial charge in [-0.25, -0.2) is 13.4 Å². The predicted molar refractivity (Wildman–Crippen MR) is 83.4 cm³/mol. The zero-order valence-electron chi connectivity index (χ0n) is 11.6. The number of nitrogens with zero attached hydrogens (tertiary/aromatic N) is 2. The van der Waals surface area contributed by atoms with E-state index in [0.29, 0.717) is 13.1 Å². The van der Waals surface area contributed by atoms with Crippen molar-refractivity contribution in [2.45, 2.75) is 17.7 Å². The van der Waals surface area contributed by atoms with Crippen molar-refractivity contribution in [3.8, 4) is 5.75 Å². The van der Waals surface area contributed by atoms with Crippen molar-refractivity contribution < 1.29 is 13.2 Å². The first kappa shape index (κ1) is 16.2. The summed E-state index contributed by atoms with van der Waals surface area (Å²) in [5, 5.41) is 0. The molecule has 0 fully saturated rings. The van der Waals surface area contributed by atoms with Gasteiger partial charge in [0.2, 0.25) is 0 Å². The van der Waals surface area contributed by atoms with Gasteiger partial charge >= 0.3 is 0 Å². The normalized spacial score (nSPS) is 11.8. The molecule has 1 aromatic heterocycles. The molecule has 0 saturated carbocycles. The Bertz CT molecular complexity index is 698. The number of benzene rings is 1. The van der Waals surface area contributed by atoms with Gasteiger partial charge in [0.15, 0.2) is 8.68 Å². The number of methoxy groups -OCH3 is 1. The lowest BCUT2D eigenvalue weighted by Gasteiger charge is -2.19. The number of ether oxygens (including phenoxy) is 1. The number of hydrogen-bond donors (Lipinski definition) is 0. The van der Waals surface area contributed by atoms with Crippen LogP contribution < -0.4 is 4.74 Å². The summed E-state index contributed by atoms with van der Waals surface area (Å²) in [5.74, 6) is 0.735. The van der Waals surface area contributed by atoms with E-state index in [1.165, 1.54) is 10.5 Å². The smallest absolute Gasteiger partial charge is 0.254 e. The van der Waals surface area contributed by atoms with Crippen molar-refractivity contribution in [1.82, 2.24) is 9.29 Å². The van der Waals surface area contributed by atoms with Crippen LogP contribution in [0.15, 0.2) is 34.7 Å². The highest BCUT2D eigenvalue weighted by Gasteiger charge is 2.25. The first-order chi connectivity index (χ1) is 9.97. The van der Waals surface area contributed by atoms with Gasteiger partial charge in [0, 0.05) is 13.1 Å². The SMILES string of the molecule is CCN(Cc1ccc(OC)cc1)S(=O)(=O)c1cnc(Cl)s1. The first-order valence-electron chi connectivity index (χ1n) is 6.21. The minimum absolute atomic E-state index is 0.155. The minimum atomic E-state index is -3.57. The molecule has 2 rings (SSSR count). The molecule has 0 aliphatic heterocycles. The lowest BCUT2D eigenvalue weighted by atomic mass is 10.2. The molecule has 21 heavy (non-hydrogen) atoms. The van der Waals surface area contributed by atoms with Crippen molar-refractivity contribution in [1.29, 1.82) is 0 Å². The maximum atomic E-state index is 12.5. The minimum Gasteiger partial charge on any atom is -0.497 e. The van der Waals surface area contributed by atoms with Gasteiger partial charge in [-0.1, -0.05) is 42.0 Å². The largest absolute Gasteiger partial charge is 0.497 e. The molecule has 0 spiro atoms. The van der Waals surface area contributed by atoms with Crippen LogP contribution in [0.1, 0.15) is 12.5 Å². The standard InChI is InChI=1S/C13H15ClN2O3S2/c1-3-16(9-10-4-6-11(19-2)7-5-10)21(17,18)12-8-15-13(14)20-12/h4-8H,3,9H2,1-2H3. The predicted octanol–water partition coefficient (Wildman–Crippen LogP) is 3.02. The molecule has 0 aliphatic carbocycles. The van der Waals surface area contributed by atoms with Crippen LogP contribution in [0.2, 0.25) is 4.47 Å². The van der Waals surface area contributed by atoms with Crippen LogP contribution in [0.5, 0.6) is 5.75 Å². The summed E-state index contributed by atoms with van der Waals surface area (Å²) in [6.45, 7) is 2.45. The Kier molecular flexibility index (Phi) is 5.21. The highest BCUT2D eigenvalue weighted by Crippen LogP contribution is 2.26. The monoisotopic (exact) mass is 346 g/mol. The molecule has 0 aliphatic rings. The third-order valence-electron chi connectivity index (χ3n) is 2.92. The maximum absolute atomic E-state index is 12.5. The highest BCUT2D eigenvalue weighted by molar-refractivity contribution is 7.91. The van der Waals surface area contributed by atoms with E-state index in [1.54, 1.807) is 26.2 Å². The number of aromatic nitrogens is 1. The van der Waals surface area contributed by atoms with Gasteiger partial charge in [-0.2, -0.15) is 4.31 Å². The molecule has 1 heterocycles. The number of halogens is 1. The average molecular weight is 347 g/mol. The van der Waals surface area contributed by atoms with Gasteiger partial charge in [-0.05, 0) is 17.7 Å². The second-order valence-electron chi connectivity index (χ2n) is 4.21. The summed E-state index contributed by atoms with van der Waals surface area (Å²) in [4.78, 5) is 3.79. The fourth-order valence-corrected chi connectivity index (χ4v) is 4.67. The van der Waals surface area contributed by atoms with Crippen molar-refractivity contribution >= 4 is 33.0 Å². The molecule has 0 radical (unpaired) electrons. The van der Waals surface area contributed by atoms with Crippen molar-refractivity contribution in [2.24, 2.45) is 0 Å². The van der Waals surface area contributed by atoms with Crippen LogP contribution in [0, 0.1) is 0 Å². The number of sulfonamides is 1. The van der Waals surface area contributed by atoms with E-state index in [1.807, 2.05) is 12.1 Å². The molecular weight excluding hydrogens is 332 g/mol. The molecule has 0 bridgehead atoms. The first-order valence-corrected chi connectivity index (χ1v) is 8.85. The Morgan fingerprint density at radius 1 is 1.33 bits per heavy atom. The van der Waals surface area contributed by atoms with Crippen LogP contribution >= 0.6 is 22.9 Å². The van der Waals surface area contributed by atoms with E-state index in [2.05, 4.69) is 4.98 Å². The van der Waals surface area contributed by atoms with Gasteiger partial charge in [0.25, 0.3) is 10.0 Å². The Balaban J connectivity index is 2.22. The third-order valence-corrected chi connectivity index (χ3v) is 6.39. The molecule has 8 heteroatoms. The van der Waals surface area contributed by atoms with E-state index >= 15 is 0 Å². The lowest BCUT2D eigenvalue weighted by Crippen LogP contribution is -2.29. The van der Waals surface area contributed by atoms with E-state index < -0.39 is 10.0 Å². The molecule has 114 valence electrons. The Hall–Kier alpha value is -1.15. The quantitative estimate of drug-likeness (QED) is 0.806. The van der Waals surface area contributed by atoms with Crippen LogP contribution in [0.25, 0.3) is 0 Å². The fraction of sp³-hybridized carbons (Fsp3) is 0.308. The average Bonchev–Trinajstić information content (AvgIpc) is 2.92. The van der Waals surface area contributed by atoms with Crippen LogP contribution in [0.3, 0.4) is 0 Å². The fourth-order valence-electron chi connectivity index (χ4n) is 1.79. The van der Waals surface area contributed by atoms with Gasteiger partial charge in [-0.15, -0.1) is 0 Å². The summed E-state index contributed by atoms with van der Waals surface area (Å²) >= 11 is 6.68. The zero-order valence-corrected chi connectivity index (χ0v) is 14.0. The molecule has 0 atom stereocenters. The maximum Gasteiger partial charge on any atom is 0.254 e. The van der Waals surface area contributed by atoms with E-state index in [0.717, 1.165) is 22.6 Å². The molecule has 5 nitrogen and oxygen atoms in total. The summed E-state index contributed by atoms with van der Waals surface area (Å²) in [7, 11) is -1.98. The van der Waals surface area contributed by atoms with E-state index in [-0.39, 0.29) is 8.68 Å².